The van der Waals surface area contributed by atoms with E-state index in [1.807, 2.05) is 31.2 Å². The molecule has 1 atom stereocenters. The summed E-state index contributed by atoms with van der Waals surface area (Å²) in [4.78, 5) is 26.1. The highest BCUT2D eigenvalue weighted by Gasteiger charge is 2.23. The predicted octanol–water partition coefficient (Wildman–Crippen LogP) is 5.84. The molecule has 1 amide bonds. The van der Waals surface area contributed by atoms with Gasteiger partial charge in [0.15, 0.2) is 11.9 Å². The number of fused-ring (bicyclic) bond motifs is 1. The Morgan fingerprint density at radius 2 is 1.73 bits per heavy atom. The van der Waals surface area contributed by atoms with Crippen molar-refractivity contribution in [2.24, 2.45) is 0 Å². The van der Waals surface area contributed by atoms with Crippen LogP contribution in [0, 0.1) is 6.92 Å². The monoisotopic (exact) mass is 463 g/mol. The highest BCUT2D eigenvalue weighted by molar-refractivity contribution is 6.31. The molecule has 0 saturated heterocycles. The van der Waals surface area contributed by atoms with E-state index in [2.05, 4.69) is 5.32 Å². The van der Waals surface area contributed by atoms with E-state index >= 15 is 0 Å². The Kier molecular flexibility index (Phi) is 6.38. The van der Waals surface area contributed by atoms with E-state index in [4.69, 9.17) is 25.5 Å². The topological polar surface area (TPSA) is 77.8 Å². The Hall–Kier alpha value is -3.77. The zero-order valence-electron chi connectivity index (χ0n) is 18.3. The van der Waals surface area contributed by atoms with Gasteiger partial charge in [0.1, 0.15) is 11.3 Å². The summed E-state index contributed by atoms with van der Waals surface area (Å²) < 4.78 is 17.1. The van der Waals surface area contributed by atoms with Gasteiger partial charge in [0, 0.05) is 16.3 Å². The Bertz CT molecular complexity index is 1360. The number of carbonyl (C=O) groups excluding carboxylic acids is 1. The Morgan fingerprint density at radius 1 is 1.03 bits per heavy atom. The molecule has 4 aromatic rings. The fourth-order valence-corrected chi connectivity index (χ4v) is 3.47. The van der Waals surface area contributed by atoms with Gasteiger partial charge in [0.2, 0.25) is 11.2 Å². The van der Waals surface area contributed by atoms with E-state index in [0.29, 0.717) is 27.6 Å². The second-order valence-corrected chi connectivity index (χ2v) is 8.01. The molecule has 3 aromatic carbocycles. The third-order valence-corrected chi connectivity index (χ3v) is 5.38. The van der Waals surface area contributed by atoms with Crippen molar-refractivity contribution in [3.8, 4) is 22.8 Å². The van der Waals surface area contributed by atoms with Crippen molar-refractivity contribution in [1.29, 1.82) is 0 Å². The first-order valence-corrected chi connectivity index (χ1v) is 10.7. The number of rotatable bonds is 6. The summed E-state index contributed by atoms with van der Waals surface area (Å²) in [5.74, 6) is 0.456. The normalized spacial score (nSPS) is 11.8. The van der Waals surface area contributed by atoms with Crippen molar-refractivity contribution in [2.45, 2.75) is 20.0 Å². The Morgan fingerprint density at radius 3 is 2.39 bits per heavy atom. The molecule has 0 aliphatic rings. The van der Waals surface area contributed by atoms with Crippen LogP contribution in [0.1, 0.15) is 12.5 Å². The number of carbonyl (C=O) groups is 1. The fourth-order valence-electron chi connectivity index (χ4n) is 3.30. The van der Waals surface area contributed by atoms with Crippen LogP contribution in [-0.4, -0.2) is 19.1 Å². The van der Waals surface area contributed by atoms with Crippen molar-refractivity contribution in [3.05, 3.63) is 87.5 Å². The van der Waals surface area contributed by atoms with Crippen molar-refractivity contribution in [2.75, 3.05) is 12.4 Å². The lowest BCUT2D eigenvalue weighted by Crippen LogP contribution is -2.31. The van der Waals surface area contributed by atoms with Gasteiger partial charge >= 0.3 is 0 Å². The molecule has 0 aliphatic heterocycles. The zero-order valence-corrected chi connectivity index (χ0v) is 19.1. The number of benzene rings is 3. The molecular weight excluding hydrogens is 442 g/mol. The molecule has 0 aliphatic carbocycles. The number of nitrogens with one attached hydrogen (secondary N) is 1. The molecule has 33 heavy (non-hydrogen) atoms. The summed E-state index contributed by atoms with van der Waals surface area (Å²) in [6, 6.07) is 19.2. The van der Waals surface area contributed by atoms with Gasteiger partial charge in [0.25, 0.3) is 5.91 Å². The molecule has 0 bridgehead atoms. The molecule has 1 heterocycles. The summed E-state index contributed by atoms with van der Waals surface area (Å²) in [6.07, 6.45) is -0.976. The number of anilines is 1. The summed E-state index contributed by atoms with van der Waals surface area (Å²) in [5, 5.41) is 3.44. The van der Waals surface area contributed by atoms with Crippen LogP contribution in [0.4, 0.5) is 5.69 Å². The third-order valence-electron chi connectivity index (χ3n) is 5.15. The smallest absolute Gasteiger partial charge is 0.265 e. The van der Waals surface area contributed by atoms with Gasteiger partial charge in [-0.15, -0.1) is 0 Å². The van der Waals surface area contributed by atoms with Crippen LogP contribution in [0.15, 0.2) is 75.9 Å². The van der Waals surface area contributed by atoms with Crippen LogP contribution in [0.3, 0.4) is 0 Å². The largest absolute Gasteiger partial charge is 0.497 e. The minimum atomic E-state index is -0.976. The Balaban J connectivity index is 1.70. The maximum absolute atomic E-state index is 13.3. The van der Waals surface area contributed by atoms with Crippen molar-refractivity contribution in [1.82, 2.24) is 0 Å². The average Bonchev–Trinajstić information content (AvgIpc) is 2.82. The van der Waals surface area contributed by atoms with Crippen LogP contribution >= 0.6 is 11.6 Å². The van der Waals surface area contributed by atoms with Gasteiger partial charge in [-0.1, -0.05) is 41.4 Å². The average molecular weight is 464 g/mol. The van der Waals surface area contributed by atoms with Crippen LogP contribution in [0.25, 0.3) is 22.3 Å². The first kappa shape index (κ1) is 22.4. The molecule has 1 N–H and O–H groups in total. The molecule has 7 heteroatoms. The van der Waals surface area contributed by atoms with Gasteiger partial charge < -0.3 is 19.2 Å². The number of ether oxygens (including phenoxy) is 2. The Labute approximate surface area is 195 Å². The summed E-state index contributed by atoms with van der Waals surface area (Å²) >= 11 is 6.09. The molecule has 168 valence electrons. The molecule has 0 radical (unpaired) electrons. The van der Waals surface area contributed by atoms with E-state index in [9.17, 15) is 9.59 Å². The van der Waals surface area contributed by atoms with Crippen molar-refractivity contribution >= 4 is 34.2 Å². The predicted molar refractivity (Wildman–Crippen MR) is 129 cm³/mol. The summed E-state index contributed by atoms with van der Waals surface area (Å²) in [6.45, 7) is 3.53. The molecule has 0 fully saturated rings. The highest BCUT2D eigenvalue weighted by Crippen LogP contribution is 2.32. The van der Waals surface area contributed by atoms with Crippen LogP contribution in [0.5, 0.6) is 11.5 Å². The first-order chi connectivity index (χ1) is 15.9. The molecule has 1 aromatic heterocycles. The van der Waals surface area contributed by atoms with E-state index in [0.717, 1.165) is 5.56 Å². The fraction of sp³-hybridized carbons (Fsp3) is 0.154. The maximum atomic E-state index is 13.3. The zero-order chi connectivity index (χ0) is 23.5. The standard InChI is InChI=1S/C26H22ClNO5/c1-15-4-6-17(7-5-15)24-25(23(29)21-14-18(27)8-13-22(21)33-24)32-16(2)26(30)28-19-9-11-20(31-3)12-10-19/h4-14,16H,1-3H3,(H,28,30)/t16-/m0/s1. The number of aryl methyl sites for hydroxylation is 1. The lowest BCUT2D eigenvalue weighted by Gasteiger charge is -2.17. The van der Waals surface area contributed by atoms with Crippen LogP contribution in [0.2, 0.25) is 5.02 Å². The molecular formula is C26H22ClNO5. The maximum Gasteiger partial charge on any atom is 0.265 e. The van der Waals surface area contributed by atoms with E-state index in [1.54, 1.807) is 50.4 Å². The quantitative estimate of drug-likeness (QED) is 0.389. The summed E-state index contributed by atoms with van der Waals surface area (Å²) in [5.41, 5.74) is 2.27. The van der Waals surface area contributed by atoms with E-state index < -0.39 is 17.4 Å². The number of hydrogen-bond acceptors (Lipinski definition) is 5. The number of halogens is 1. The van der Waals surface area contributed by atoms with Crippen molar-refractivity contribution < 1.29 is 18.7 Å². The van der Waals surface area contributed by atoms with Gasteiger partial charge in [-0.05, 0) is 56.3 Å². The number of hydrogen-bond donors (Lipinski definition) is 1. The molecule has 4 rings (SSSR count). The lowest BCUT2D eigenvalue weighted by atomic mass is 10.1. The number of methoxy groups -OCH3 is 1. The first-order valence-electron chi connectivity index (χ1n) is 10.3. The number of amides is 1. The summed E-state index contributed by atoms with van der Waals surface area (Å²) in [7, 11) is 1.57. The van der Waals surface area contributed by atoms with Gasteiger partial charge in [0.05, 0.1) is 12.5 Å². The molecule has 6 nitrogen and oxygen atoms in total. The minimum absolute atomic E-state index is 0.0500. The van der Waals surface area contributed by atoms with E-state index in [1.165, 1.54) is 6.07 Å². The lowest BCUT2D eigenvalue weighted by molar-refractivity contribution is -0.122. The molecule has 0 saturated carbocycles. The third kappa shape index (κ3) is 4.86. The van der Waals surface area contributed by atoms with Crippen LogP contribution in [-0.2, 0) is 4.79 Å². The molecule has 0 spiro atoms. The van der Waals surface area contributed by atoms with Gasteiger partial charge in [-0.2, -0.15) is 0 Å². The molecule has 0 unspecified atom stereocenters. The second-order valence-electron chi connectivity index (χ2n) is 7.57. The minimum Gasteiger partial charge on any atom is -0.497 e. The van der Waals surface area contributed by atoms with Gasteiger partial charge in [-0.3, -0.25) is 9.59 Å². The van der Waals surface area contributed by atoms with Crippen LogP contribution < -0.4 is 20.2 Å². The van der Waals surface area contributed by atoms with Crippen molar-refractivity contribution in [3.63, 3.8) is 0 Å². The van der Waals surface area contributed by atoms with E-state index in [-0.39, 0.29) is 16.9 Å². The SMILES string of the molecule is COc1ccc(NC(=O)[C@H](C)Oc2c(-c3ccc(C)cc3)oc3ccc(Cl)cc3c2=O)cc1. The second kappa shape index (κ2) is 9.38. The highest BCUT2D eigenvalue weighted by atomic mass is 35.5. The van der Waals surface area contributed by atoms with Gasteiger partial charge in [-0.25, -0.2) is 0 Å².